The van der Waals surface area contributed by atoms with Crippen molar-refractivity contribution in [1.29, 1.82) is 0 Å². The summed E-state index contributed by atoms with van der Waals surface area (Å²) in [5.74, 6) is -1.36. The number of sulfonamides is 1. The molecule has 0 fully saturated rings. The van der Waals surface area contributed by atoms with Crippen LogP contribution >= 0.6 is 11.3 Å². The fourth-order valence-corrected chi connectivity index (χ4v) is 4.20. The first kappa shape index (κ1) is 20.8. The Balaban J connectivity index is 1.76. The molecule has 0 bridgehead atoms. The number of benzene rings is 2. The number of aliphatic carboxylic acids is 1. The van der Waals surface area contributed by atoms with Gasteiger partial charge in [-0.25, -0.2) is 18.2 Å². The molecule has 0 saturated heterocycles. The molecule has 1 aromatic heterocycles. The Morgan fingerprint density at radius 1 is 1.10 bits per heavy atom. The van der Waals surface area contributed by atoms with E-state index >= 15 is 0 Å². The lowest BCUT2D eigenvalue weighted by atomic mass is 9.93. The van der Waals surface area contributed by atoms with E-state index < -0.39 is 22.0 Å². The lowest BCUT2D eigenvalue weighted by molar-refractivity contribution is -0.138. The number of thiazole rings is 1. The molecule has 0 aliphatic rings. The van der Waals surface area contributed by atoms with Gasteiger partial charge in [-0.15, -0.1) is 11.3 Å². The molecule has 29 heavy (non-hydrogen) atoms. The van der Waals surface area contributed by atoms with E-state index in [1.54, 1.807) is 31.2 Å². The van der Waals surface area contributed by atoms with Gasteiger partial charge in [0.05, 0.1) is 11.9 Å². The normalized spacial score (nSPS) is 13.4. The first-order chi connectivity index (χ1) is 13.7. The Morgan fingerprint density at radius 2 is 1.76 bits per heavy atom. The van der Waals surface area contributed by atoms with E-state index in [1.165, 1.54) is 11.3 Å². The van der Waals surface area contributed by atoms with Crippen LogP contribution in [0.2, 0.25) is 0 Å². The fourth-order valence-electron chi connectivity index (χ4n) is 2.88. The standard InChI is InChI=1S/C20H21N3O4S2/c1-13(14-8-10-16(11-9-14)23-29(2,26)27)18(19(24)25)22-20-21-17(12-28-20)15-6-4-3-5-7-15/h3-13,18,23H,1-2H3,(H,21,22)(H,24,25)/t13?,18-/m0/s1. The summed E-state index contributed by atoms with van der Waals surface area (Å²) in [6, 6.07) is 15.4. The Kier molecular flexibility index (Phi) is 6.19. The van der Waals surface area contributed by atoms with Crippen LogP contribution in [0.4, 0.5) is 10.8 Å². The summed E-state index contributed by atoms with van der Waals surface area (Å²) in [5.41, 5.74) is 2.94. The number of nitrogens with zero attached hydrogens (tertiary/aromatic N) is 1. The number of carbonyl (C=O) groups is 1. The van der Waals surface area contributed by atoms with Crippen molar-refractivity contribution in [2.75, 3.05) is 16.3 Å². The first-order valence-corrected chi connectivity index (χ1v) is 11.6. The van der Waals surface area contributed by atoms with E-state index in [9.17, 15) is 18.3 Å². The summed E-state index contributed by atoms with van der Waals surface area (Å²) in [7, 11) is -3.36. The van der Waals surface area contributed by atoms with Crippen molar-refractivity contribution in [3.63, 3.8) is 0 Å². The minimum Gasteiger partial charge on any atom is -0.480 e. The molecule has 3 N–H and O–H groups in total. The Hall–Kier alpha value is -2.91. The van der Waals surface area contributed by atoms with E-state index in [-0.39, 0.29) is 5.92 Å². The third-order valence-electron chi connectivity index (χ3n) is 4.36. The molecular formula is C20H21N3O4S2. The van der Waals surface area contributed by atoms with Gasteiger partial charge in [-0.3, -0.25) is 4.72 Å². The fraction of sp³-hybridized carbons (Fsp3) is 0.200. The SMILES string of the molecule is CC(c1ccc(NS(C)(=O)=O)cc1)[C@H](Nc1nc(-c2ccccc2)cs1)C(=O)O. The number of anilines is 2. The van der Waals surface area contributed by atoms with Crippen molar-refractivity contribution in [3.05, 3.63) is 65.5 Å². The van der Waals surface area contributed by atoms with E-state index in [2.05, 4.69) is 15.0 Å². The third kappa shape index (κ3) is 5.55. The summed E-state index contributed by atoms with van der Waals surface area (Å²) in [6.45, 7) is 1.80. The lowest BCUT2D eigenvalue weighted by Gasteiger charge is -2.21. The Morgan fingerprint density at radius 3 is 2.34 bits per heavy atom. The summed E-state index contributed by atoms with van der Waals surface area (Å²) in [4.78, 5) is 16.4. The molecule has 0 aliphatic carbocycles. The second-order valence-corrected chi connectivity index (χ2v) is 9.26. The highest BCUT2D eigenvalue weighted by Gasteiger charge is 2.27. The van der Waals surface area contributed by atoms with Crippen LogP contribution in [0.15, 0.2) is 60.0 Å². The van der Waals surface area contributed by atoms with E-state index in [0.29, 0.717) is 10.8 Å². The maximum absolute atomic E-state index is 11.9. The maximum atomic E-state index is 11.9. The highest BCUT2D eigenvalue weighted by molar-refractivity contribution is 7.92. The summed E-state index contributed by atoms with van der Waals surface area (Å²) < 4.78 is 25.0. The largest absolute Gasteiger partial charge is 0.480 e. The third-order valence-corrected chi connectivity index (χ3v) is 5.74. The second-order valence-electron chi connectivity index (χ2n) is 6.65. The number of carboxylic acids is 1. The zero-order valence-corrected chi connectivity index (χ0v) is 17.5. The van der Waals surface area contributed by atoms with Crippen molar-refractivity contribution >= 4 is 38.1 Å². The van der Waals surface area contributed by atoms with Crippen molar-refractivity contribution in [3.8, 4) is 11.3 Å². The van der Waals surface area contributed by atoms with Crippen molar-refractivity contribution in [2.45, 2.75) is 18.9 Å². The molecule has 0 saturated carbocycles. The molecule has 0 aliphatic heterocycles. The molecule has 0 amide bonds. The predicted molar refractivity (Wildman–Crippen MR) is 116 cm³/mol. The van der Waals surface area contributed by atoms with Gasteiger partial charge in [-0.1, -0.05) is 49.4 Å². The van der Waals surface area contributed by atoms with Gasteiger partial charge >= 0.3 is 5.97 Å². The molecular weight excluding hydrogens is 410 g/mol. The average molecular weight is 432 g/mol. The number of hydrogen-bond acceptors (Lipinski definition) is 6. The number of rotatable bonds is 8. The zero-order valence-electron chi connectivity index (χ0n) is 15.9. The van der Waals surface area contributed by atoms with E-state index in [0.717, 1.165) is 23.1 Å². The number of nitrogens with one attached hydrogen (secondary N) is 2. The van der Waals surface area contributed by atoms with Crippen LogP contribution in [-0.4, -0.2) is 36.8 Å². The molecule has 0 spiro atoms. The molecule has 9 heteroatoms. The highest BCUT2D eigenvalue weighted by Crippen LogP contribution is 2.28. The van der Waals surface area contributed by atoms with Crippen LogP contribution in [0.5, 0.6) is 0 Å². The number of carboxylic acid groups (broad SMARTS) is 1. The second kappa shape index (κ2) is 8.62. The number of aromatic nitrogens is 1. The van der Waals surface area contributed by atoms with Crippen LogP contribution < -0.4 is 10.0 Å². The highest BCUT2D eigenvalue weighted by atomic mass is 32.2. The molecule has 3 rings (SSSR count). The number of hydrogen-bond donors (Lipinski definition) is 3. The quantitative estimate of drug-likeness (QED) is 0.500. The van der Waals surface area contributed by atoms with Crippen molar-refractivity contribution in [1.82, 2.24) is 4.98 Å². The minimum atomic E-state index is -3.36. The van der Waals surface area contributed by atoms with Gasteiger partial charge in [0.2, 0.25) is 10.0 Å². The van der Waals surface area contributed by atoms with Crippen LogP contribution in [0.3, 0.4) is 0 Å². The van der Waals surface area contributed by atoms with Gasteiger partial charge in [0.25, 0.3) is 0 Å². The topological polar surface area (TPSA) is 108 Å². The summed E-state index contributed by atoms with van der Waals surface area (Å²) >= 11 is 1.35. The van der Waals surface area contributed by atoms with Crippen LogP contribution in [-0.2, 0) is 14.8 Å². The molecule has 0 radical (unpaired) electrons. The monoisotopic (exact) mass is 431 g/mol. The van der Waals surface area contributed by atoms with Gasteiger partial charge in [0.15, 0.2) is 5.13 Å². The van der Waals surface area contributed by atoms with Crippen LogP contribution in [0, 0.1) is 0 Å². The smallest absolute Gasteiger partial charge is 0.326 e. The molecule has 3 aromatic rings. The Bertz CT molecular complexity index is 1080. The first-order valence-electron chi connectivity index (χ1n) is 8.81. The van der Waals surface area contributed by atoms with Gasteiger partial charge in [0.1, 0.15) is 6.04 Å². The molecule has 7 nitrogen and oxygen atoms in total. The Labute approximate surface area is 173 Å². The van der Waals surface area contributed by atoms with Gasteiger partial charge in [-0.05, 0) is 17.7 Å². The van der Waals surface area contributed by atoms with Crippen molar-refractivity contribution < 1.29 is 18.3 Å². The van der Waals surface area contributed by atoms with Gasteiger partial charge < -0.3 is 10.4 Å². The molecule has 2 atom stereocenters. The maximum Gasteiger partial charge on any atom is 0.326 e. The van der Waals surface area contributed by atoms with Crippen LogP contribution in [0.25, 0.3) is 11.3 Å². The lowest BCUT2D eigenvalue weighted by Crippen LogP contribution is -2.34. The summed E-state index contributed by atoms with van der Waals surface area (Å²) in [6.07, 6.45) is 1.08. The predicted octanol–water partition coefficient (Wildman–Crippen LogP) is 3.85. The van der Waals surface area contributed by atoms with Gasteiger partial charge in [-0.2, -0.15) is 0 Å². The van der Waals surface area contributed by atoms with Crippen LogP contribution in [0.1, 0.15) is 18.4 Å². The van der Waals surface area contributed by atoms with E-state index in [1.807, 2.05) is 35.7 Å². The molecule has 1 unspecified atom stereocenters. The van der Waals surface area contributed by atoms with Gasteiger partial charge in [0, 0.05) is 22.5 Å². The van der Waals surface area contributed by atoms with Crippen molar-refractivity contribution in [2.24, 2.45) is 0 Å². The summed E-state index contributed by atoms with van der Waals surface area (Å²) in [5, 5.41) is 15.1. The van der Waals surface area contributed by atoms with E-state index in [4.69, 9.17) is 0 Å². The molecule has 1 heterocycles. The zero-order chi connectivity index (χ0) is 21.0. The minimum absolute atomic E-state index is 0.371. The molecule has 152 valence electrons. The molecule has 2 aromatic carbocycles. The average Bonchev–Trinajstić information content (AvgIpc) is 3.14.